The Balaban J connectivity index is 3.54. The van der Waals surface area contributed by atoms with Crippen LogP contribution in [-0.4, -0.2) is 4.98 Å². The molecule has 9 heavy (non-hydrogen) atoms. The third-order valence-corrected chi connectivity index (χ3v) is 0.668. The molecule has 0 bridgehead atoms. The SMILES string of the molecule is [2H]c1nc([2H])c(C#N)c([2H])c1F. The van der Waals surface area contributed by atoms with E-state index in [0.29, 0.717) is 0 Å². The van der Waals surface area contributed by atoms with Crippen LogP contribution in [0.5, 0.6) is 0 Å². The zero-order chi connectivity index (χ0) is 9.30. The highest BCUT2D eigenvalue weighted by Gasteiger charge is 1.90. The summed E-state index contributed by atoms with van der Waals surface area (Å²) in [6, 6.07) is 0.737. The van der Waals surface area contributed by atoms with E-state index in [9.17, 15) is 4.39 Å². The van der Waals surface area contributed by atoms with Crippen LogP contribution in [0.25, 0.3) is 0 Å². The van der Waals surface area contributed by atoms with Gasteiger partial charge in [-0.1, -0.05) is 0 Å². The van der Waals surface area contributed by atoms with E-state index in [1.807, 2.05) is 0 Å². The average Bonchev–Trinajstić information content (AvgIpc) is 2.01. The maximum absolute atomic E-state index is 12.7. The number of nitrogens with zero attached hydrogens (tertiary/aromatic N) is 2. The summed E-state index contributed by atoms with van der Waals surface area (Å²) in [4.78, 5) is 3.12. The Morgan fingerprint density at radius 1 is 1.78 bits per heavy atom. The molecule has 0 saturated heterocycles. The third-order valence-electron chi connectivity index (χ3n) is 0.668. The molecule has 0 radical (unpaired) electrons. The summed E-state index contributed by atoms with van der Waals surface area (Å²) in [5, 5.41) is 8.36. The van der Waals surface area contributed by atoms with Crippen molar-refractivity contribution in [1.29, 1.82) is 5.26 Å². The minimum atomic E-state index is -1.16. The number of hydrogen-bond donors (Lipinski definition) is 0. The first-order valence-electron chi connectivity index (χ1n) is 3.61. The molecule has 0 aliphatic carbocycles. The molecule has 1 heterocycles. The van der Waals surface area contributed by atoms with Gasteiger partial charge in [0.05, 0.1) is 15.8 Å². The Labute approximate surface area is 55.8 Å². The molecule has 1 aromatic heterocycles. The fourth-order valence-electron chi connectivity index (χ4n) is 0.352. The lowest BCUT2D eigenvalue weighted by atomic mass is 10.3. The van der Waals surface area contributed by atoms with E-state index in [-0.39, 0.29) is 0 Å². The van der Waals surface area contributed by atoms with Gasteiger partial charge in [0.1, 0.15) is 11.9 Å². The fourth-order valence-corrected chi connectivity index (χ4v) is 0.352. The van der Waals surface area contributed by atoms with Crippen LogP contribution < -0.4 is 0 Å². The van der Waals surface area contributed by atoms with E-state index in [1.54, 1.807) is 0 Å². The van der Waals surface area contributed by atoms with Gasteiger partial charge in [0.15, 0.2) is 0 Å². The van der Waals surface area contributed by atoms with Gasteiger partial charge in [0.2, 0.25) is 0 Å². The first-order chi connectivity index (χ1) is 5.57. The summed E-state index contributed by atoms with van der Waals surface area (Å²) < 4.78 is 33.5. The van der Waals surface area contributed by atoms with Crippen molar-refractivity contribution in [3.05, 3.63) is 29.8 Å². The van der Waals surface area contributed by atoms with Gasteiger partial charge in [-0.15, -0.1) is 0 Å². The van der Waals surface area contributed by atoms with Crippen LogP contribution in [0.15, 0.2) is 18.4 Å². The van der Waals surface area contributed by atoms with E-state index in [1.165, 1.54) is 6.07 Å². The predicted octanol–water partition coefficient (Wildman–Crippen LogP) is 1.09. The van der Waals surface area contributed by atoms with E-state index < -0.39 is 29.8 Å². The summed E-state index contributed by atoms with van der Waals surface area (Å²) in [6.45, 7) is 0. The number of nitriles is 1. The van der Waals surface area contributed by atoms with Crippen LogP contribution in [0.1, 0.15) is 9.68 Å². The highest BCUT2D eigenvalue weighted by atomic mass is 19.1. The van der Waals surface area contributed by atoms with Crippen molar-refractivity contribution in [1.82, 2.24) is 4.98 Å². The van der Waals surface area contributed by atoms with Crippen LogP contribution in [0, 0.1) is 17.1 Å². The lowest BCUT2D eigenvalue weighted by molar-refractivity contribution is 0.621. The molecule has 0 aromatic carbocycles. The Bertz CT molecular complexity index is 372. The molecule has 0 saturated carbocycles. The standard InChI is InChI=1S/C6H3FN2/c7-6-1-5(2-8)3-9-4-6/h1,3-4H/i1D,3D,4D. The largest absolute Gasteiger partial charge is 0.260 e. The monoisotopic (exact) mass is 125 g/mol. The van der Waals surface area contributed by atoms with Gasteiger partial charge in [-0.25, -0.2) is 4.39 Å². The Kier molecular flexibility index (Phi) is 0.723. The summed E-state index contributed by atoms with van der Waals surface area (Å²) in [7, 11) is 0. The van der Waals surface area contributed by atoms with Crippen LogP contribution in [0.3, 0.4) is 0 Å². The van der Waals surface area contributed by atoms with Crippen molar-refractivity contribution in [3.63, 3.8) is 0 Å². The molecule has 0 spiro atoms. The number of pyridine rings is 1. The van der Waals surface area contributed by atoms with Gasteiger partial charge < -0.3 is 0 Å². The Morgan fingerprint density at radius 3 is 3.22 bits per heavy atom. The minimum absolute atomic E-state index is 0.441. The van der Waals surface area contributed by atoms with Crippen molar-refractivity contribution in [3.8, 4) is 6.07 Å². The molecule has 0 atom stereocenters. The number of hydrogen-bond acceptors (Lipinski definition) is 2. The van der Waals surface area contributed by atoms with Crippen LogP contribution in [-0.2, 0) is 0 Å². The maximum atomic E-state index is 12.7. The lowest BCUT2D eigenvalue weighted by Gasteiger charge is -1.84. The molecule has 1 rings (SSSR count). The van der Waals surface area contributed by atoms with E-state index in [0.717, 1.165) is 0 Å². The van der Waals surface area contributed by atoms with Crippen LogP contribution in [0.4, 0.5) is 4.39 Å². The van der Waals surface area contributed by atoms with Gasteiger partial charge in [0, 0.05) is 6.17 Å². The predicted molar refractivity (Wildman–Crippen MR) is 28.9 cm³/mol. The quantitative estimate of drug-likeness (QED) is 0.520. The van der Waals surface area contributed by atoms with Crippen molar-refractivity contribution in [2.75, 3.05) is 0 Å². The van der Waals surface area contributed by atoms with Gasteiger partial charge in [-0.3, -0.25) is 4.98 Å². The normalized spacial score (nSPS) is 13.1. The van der Waals surface area contributed by atoms with Crippen LogP contribution >= 0.6 is 0 Å². The number of rotatable bonds is 0. The van der Waals surface area contributed by atoms with E-state index in [2.05, 4.69) is 4.98 Å². The second-order valence-corrected chi connectivity index (χ2v) is 1.26. The second kappa shape index (κ2) is 2.23. The third kappa shape index (κ3) is 1.23. The van der Waals surface area contributed by atoms with Crippen molar-refractivity contribution < 1.29 is 8.50 Å². The summed E-state index contributed by atoms with van der Waals surface area (Å²) in [5.74, 6) is -1.16. The molecule has 0 aliphatic rings. The highest BCUT2D eigenvalue weighted by molar-refractivity contribution is 5.24. The molecule has 1 aromatic rings. The molecule has 0 fully saturated rings. The molecule has 0 amide bonds. The summed E-state index contributed by atoms with van der Waals surface area (Å²) in [5.41, 5.74) is -0.441. The van der Waals surface area contributed by atoms with Crippen LogP contribution in [0.2, 0.25) is 0 Å². The first-order valence-corrected chi connectivity index (χ1v) is 2.11. The van der Waals surface area contributed by atoms with Crippen molar-refractivity contribution in [2.45, 2.75) is 0 Å². The van der Waals surface area contributed by atoms with Crippen molar-refractivity contribution in [2.24, 2.45) is 0 Å². The smallest absolute Gasteiger partial charge is 0.142 e. The van der Waals surface area contributed by atoms with Gasteiger partial charge in [-0.2, -0.15) is 5.26 Å². The average molecular weight is 125 g/mol. The molecular weight excluding hydrogens is 119 g/mol. The summed E-state index contributed by atoms with van der Waals surface area (Å²) in [6.07, 6.45) is -1.31. The van der Waals surface area contributed by atoms with Gasteiger partial charge in [-0.05, 0) is 6.04 Å². The molecule has 44 valence electrons. The topological polar surface area (TPSA) is 36.7 Å². The molecule has 2 nitrogen and oxygen atoms in total. The van der Waals surface area contributed by atoms with E-state index in [4.69, 9.17) is 9.37 Å². The van der Waals surface area contributed by atoms with E-state index >= 15 is 0 Å². The Morgan fingerprint density at radius 2 is 2.56 bits per heavy atom. The summed E-state index contributed by atoms with van der Waals surface area (Å²) >= 11 is 0. The second-order valence-electron chi connectivity index (χ2n) is 1.26. The van der Waals surface area contributed by atoms with Gasteiger partial charge in [0.25, 0.3) is 0 Å². The zero-order valence-electron chi connectivity index (χ0n) is 7.27. The number of halogens is 1. The number of aromatic nitrogens is 1. The van der Waals surface area contributed by atoms with Gasteiger partial charge >= 0.3 is 0 Å². The zero-order valence-corrected chi connectivity index (χ0v) is 4.27. The fraction of sp³-hybridized carbons (Fsp3) is 0. The molecule has 0 N–H and O–H groups in total. The lowest BCUT2D eigenvalue weighted by Crippen LogP contribution is -1.79. The Hall–Kier alpha value is -1.43. The maximum Gasteiger partial charge on any atom is 0.142 e. The highest BCUT2D eigenvalue weighted by Crippen LogP contribution is 1.96. The molecule has 0 unspecified atom stereocenters. The van der Waals surface area contributed by atoms with Crippen molar-refractivity contribution >= 4 is 0 Å². The molecular formula is C6H3FN2. The molecule has 3 heteroatoms. The minimum Gasteiger partial charge on any atom is -0.260 e. The molecule has 0 aliphatic heterocycles. The first kappa shape index (κ1) is 2.92.